The minimum atomic E-state index is -4.30. The molecular weight excluding hydrogens is 347 g/mol. The van der Waals surface area contributed by atoms with Crippen LogP contribution in [-0.2, 0) is 10.1 Å². The van der Waals surface area contributed by atoms with E-state index >= 15 is 0 Å². The molecule has 1 atom stereocenters. The predicted molar refractivity (Wildman–Crippen MR) is 101 cm³/mol. The van der Waals surface area contributed by atoms with Crippen LogP contribution in [-0.4, -0.2) is 31.4 Å². The quantitative estimate of drug-likeness (QED) is 0.207. The van der Waals surface area contributed by atoms with Gasteiger partial charge in [0.15, 0.2) is 0 Å². The van der Waals surface area contributed by atoms with Gasteiger partial charge in [0.25, 0.3) is 0 Å². The van der Waals surface area contributed by atoms with Crippen LogP contribution >= 0.6 is 0 Å². The van der Waals surface area contributed by atoms with Crippen molar-refractivity contribution in [3.05, 3.63) is 0 Å². The Kier molecular flexibility index (Phi) is 22.0. The summed E-state index contributed by atoms with van der Waals surface area (Å²) in [5.74, 6) is 0. The maximum absolute atomic E-state index is 10.6. The van der Waals surface area contributed by atoms with Crippen LogP contribution in [0.15, 0.2) is 0 Å². The molecule has 5 nitrogen and oxygen atoms in total. The van der Waals surface area contributed by atoms with Gasteiger partial charge in [-0.2, -0.15) is 0 Å². The summed E-state index contributed by atoms with van der Waals surface area (Å²) < 4.78 is 31.9. The molecule has 0 amide bonds. The van der Waals surface area contributed by atoms with Crippen molar-refractivity contribution in [2.75, 3.05) is 13.1 Å². The molecule has 0 aromatic heterocycles. The molecule has 0 rings (SSSR count). The molecule has 146 valence electrons. The molecule has 0 radical (unpaired) electrons. The van der Waals surface area contributed by atoms with Crippen LogP contribution in [0.3, 0.4) is 0 Å². The van der Waals surface area contributed by atoms with E-state index in [0.717, 1.165) is 32.4 Å². The molecule has 1 unspecified atom stereocenters. The zero-order chi connectivity index (χ0) is 18.1. The number of rotatable bonds is 18. The summed E-state index contributed by atoms with van der Waals surface area (Å²) >= 11 is 0. The van der Waals surface area contributed by atoms with E-state index in [4.69, 9.17) is 5.73 Å². The van der Waals surface area contributed by atoms with Crippen molar-refractivity contribution in [3.8, 4) is 0 Å². The van der Waals surface area contributed by atoms with Crippen LogP contribution in [0.5, 0.6) is 0 Å². The van der Waals surface area contributed by atoms with E-state index in [9.17, 15) is 13.0 Å². The minimum absolute atomic E-state index is 0. The Morgan fingerprint density at radius 3 is 1.64 bits per heavy atom. The van der Waals surface area contributed by atoms with Gasteiger partial charge in [-0.05, 0) is 32.4 Å². The monoisotopic (exact) mass is 386 g/mol. The minimum Gasteiger partial charge on any atom is -0.747 e. The molecular formula is C18H39N2NaO3S. The zero-order valence-corrected chi connectivity index (χ0v) is 19.4. The number of nitrogens with two attached hydrogens (primary N) is 1. The molecule has 0 aliphatic carbocycles. The maximum Gasteiger partial charge on any atom is 1.00 e. The Morgan fingerprint density at radius 2 is 1.20 bits per heavy atom. The van der Waals surface area contributed by atoms with E-state index in [1.807, 2.05) is 0 Å². The first-order valence-corrected chi connectivity index (χ1v) is 11.4. The summed E-state index contributed by atoms with van der Waals surface area (Å²) in [7, 11) is -4.30. The van der Waals surface area contributed by atoms with E-state index in [0.29, 0.717) is 0 Å². The fourth-order valence-electron chi connectivity index (χ4n) is 2.78. The third-order valence-corrected chi connectivity index (χ3v) is 5.40. The van der Waals surface area contributed by atoms with Gasteiger partial charge in [-0.1, -0.05) is 77.6 Å². The second-order valence-corrected chi connectivity index (χ2v) is 8.40. The summed E-state index contributed by atoms with van der Waals surface area (Å²) in [5.41, 5.74) is 5.31. The average molecular weight is 387 g/mol. The number of hydrogen-bond donors (Lipinski definition) is 2. The van der Waals surface area contributed by atoms with Crippen molar-refractivity contribution in [2.24, 2.45) is 5.73 Å². The van der Waals surface area contributed by atoms with Crippen molar-refractivity contribution in [1.29, 1.82) is 0 Å². The van der Waals surface area contributed by atoms with Gasteiger partial charge >= 0.3 is 29.6 Å². The maximum atomic E-state index is 10.6. The second kappa shape index (κ2) is 19.6. The molecule has 0 saturated heterocycles. The number of unbranched alkanes of at least 4 members (excludes halogenated alkanes) is 11. The summed E-state index contributed by atoms with van der Waals surface area (Å²) in [5, 5.41) is 2.29. The summed E-state index contributed by atoms with van der Waals surface area (Å²) in [6, 6.07) is 0. The number of nitrogens with one attached hydrogen (secondary N) is 1. The van der Waals surface area contributed by atoms with Gasteiger partial charge in [-0.15, -0.1) is 0 Å². The first-order chi connectivity index (χ1) is 11.5. The van der Waals surface area contributed by atoms with E-state index in [-0.39, 0.29) is 36.0 Å². The summed E-state index contributed by atoms with van der Waals surface area (Å²) in [6.07, 6.45) is 16.0. The Morgan fingerprint density at radius 1 is 0.800 bits per heavy atom. The topological polar surface area (TPSA) is 95.2 Å². The van der Waals surface area contributed by atoms with Crippen LogP contribution in [0, 0.1) is 0 Å². The first-order valence-electron chi connectivity index (χ1n) is 9.89. The Labute approximate surface area is 178 Å². The van der Waals surface area contributed by atoms with Crippen molar-refractivity contribution in [2.45, 2.75) is 102 Å². The summed E-state index contributed by atoms with van der Waals surface area (Å²) in [4.78, 5) is 0. The molecule has 0 aromatic rings. The first kappa shape index (κ1) is 28.0. The van der Waals surface area contributed by atoms with Crippen LogP contribution in [0.4, 0.5) is 0 Å². The molecule has 0 aromatic carbocycles. The Hall–Kier alpha value is 0.830. The molecule has 25 heavy (non-hydrogen) atoms. The number of hydrogen-bond acceptors (Lipinski definition) is 5. The average Bonchev–Trinajstić information content (AvgIpc) is 2.53. The smallest absolute Gasteiger partial charge is 0.747 e. The van der Waals surface area contributed by atoms with Crippen LogP contribution in [0.2, 0.25) is 0 Å². The Bertz CT molecular complexity index is 367. The van der Waals surface area contributed by atoms with E-state index < -0.39 is 15.5 Å². The molecule has 0 heterocycles. The van der Waals surface area contributed by atoms with Gasteiger partial charge in [0.05, 0.1) is 5.37 Å². The van der Waals surface area contributed by atoms with Crippen molar-refractivity contribution < 1.29 is 42.5 Å². The van der Waals surface area contributed by atoms with Gasteiger partial charge in [0, 0.05) is 0 Å². The normalized spacial score (nSPS) is 12.8. The molecule has 0 fully saturated rings. The van der Waals surface area contributed by atoms with Gasteiger partial charge in [-0.3, -0.25) is 0 Å². The van der Waals surface area contributed by atoms with Crippen LogP contribution < -0.4 is 40.6 Å². The van der Waals surface area contributed by atoms with Crippen molar-refractivity contribution >= 4 is 10.1 Å². The van der Waals surface area contributed by atoms with E-state index in [1.165, 1.54) is 64.2 Å². The summed E-state index contributed by atoms with van der Waals surface area (Å²) in [6.45, 7) is 4.55. The molecule has 0 bridgehead atoms. The largest absolute Gasteiger partial charge is 1.00 e. The Balaban J connectivity index is 0. The van der Waals surface area contributed by atoms with Crippen LogP contribution in [0.1, 0.15) is 96.8 Å². The molecule has 0 spiro atoms. The fourth-order valence-corrected chi connectivity index (χ4v) is 3.23. The SMILES string of the molecule is CCCCCCNCCCCCCCCCCCC(N)S(=O)(=O)[O-].[Na+]. The molecule has 3 N–H and O–H groups in total. The van der Waals surface area contributed by atoms with E-state index in [1.54, 1.807) is 0 Å². The fraction of sp³-hybridized carbons (Fsp3) is 1.00. The molecule has 0 aliphatic rings. The second-order valence-electron chi connectivity index (χ2n) is 6.81. The zero-order valence-electron chi connectivity index (χ0n) is 16.6. The van der Waals surface area contributed by atoms with Gasteiger partial charge in [-0.25, -0.2) is 8.42 Å². The van der Waals surface area contributed by atoms with E-state index in [2.05, 4.69) is 12.2 Å². The third kappa shape index (κ3) is 21.0. The predicted octanol–water partition coefficient (Wildman–Crippen LogP) is 0.891. The third-order valence-electron chi connectivity index (χ3n) is 4.42. The van der Waals surface area contributed by atoms with Crippen LogP contribution in [0.25, 0.3) is 0 Å². The van der Waals surface area contributed by atoms with Crippen molar-refractivity contribution in [1.82, 2.24) is 5.32 Å². The molecule has 0 aliphatic heterocycles. The van der Waals surface area contributed by atoms with Gasteiger partial charge in [0.2, 0.25) is 0 Å². The van der Waals surface area contributed by atoms with Gasteiger partial charge in [0.1, 0.15) is 10.1 Å². The molecule has 0 saturated carbocycles. The molecule has 7 heteroatoms. The standard InChI is InChI=1S/C18H40N2O3S.Na/c1-2-3-4-13-16-20-17-14-11-9-7-5-6-8-10-12-15-18(19)24(21,22)23;/h18,20H,2-17,19H2,1H3,(H,21,22,23);/q;+1/p-1. The van der Waals surface area contributed by atoms with Gasteiger partial charge < -0.3 is 15.6 Å². The van der Waals surface area contributed by atoms with Crippen molar-refractivity contribution in [3.63, 3.8) is 0 Å².